The molecule has 2 heterocycles. The molecule has 1 saturated heterocycles. The second-order valence-corrected chi connectivity index (χ2v) is 4.95. The van der Waals surface area contributed by atoms with E-state index in [-0.39, 0.29) is 12.6 Å². The molecule has 2 rings (SSSR count). The molecular weight excluding hydrogens is 251 g/mol. The van der Waals surface area contributed by atoms with Crippen LogP contribution in [0.4, 0.5) is 10.3 Å². The quantitative estimate of drug-likeness (QED) is 0.596. The van der Waals surface area contributed by atoms with E-state index in [0.717, 1.165) is 22.7 Å². The highest BCUT2D eigenvalue weighted by molar-refractivity contribution is 8.00. The standard InChI is InChI=1S/C8H11FN4O3S/c9-4-5(15)3(1-14)17-6(4)13-2-11-7(10)12-8(13)16/h2-6,14-15H,1H2,(H2,10,12,16)/t3-,4+,5-,6+/m1/s1. The van der Waals surface area contributed by atoms with Crippen molar-refractivity contribution in [1.82, 2.24) is 14.5 Å². The first-order chi connectivity index (χ1) is 8.04. The molecule has 1 aromatic heterocycles. The lowest BCUT2D eigenvalue weighted by atomic mass is 10.1. The number of halogens is 1. The molecular formula is C8H11FN4O3S. The maximum Gasteiger partial charge on any atom is 0.353 e. The Hall–Kier alpha value is -1.19. The topological polar surface area (TPSA) is 114 Å². The van der Waals surface area contributed by atoms with Gasteiger partial charge in [-0.25, -0.2) is 14.2 Å². The second-order valence-electron chi connectivity index (χ2n) is 3.59. The molecule has 9 heteroatoms. The van der Waals surface area contributed by atoms with Crippen LogP contribution in [0.25, 0.3) is 0 Å². The predicted molar refractivity (Wildman–Crippen MR) is 59.1 cm³/mol. The number of nitrogens with zero attached hydrogens (tertiary/aromatic N) is 3. The Labute approximate surface area is 99.5 Å². The summed E-state index contributed by atoms with van der Waals surface area (Å²) in [7, 11) is 0. The van der Waals surface area contributed by atoms with Crippen LogP contribution in [0.2, 0.25) is 0 Å². The number of aromatic nitrogens is 3. The molecule has 4 N–H and O–H groups in total. The van der Waals surface area contributed by atoms with E-state index in [2.05, 4.69) is 9.97 Å². The summed E-state index contributed by atoms with van der Waals surface area (Å²) >= 11 is 0.967. The Morgan fingerprint density at radius 2 is 2.35 bits per heavy atom. The fourth-order valence-corrected chi connectivity index (χ4v) is 2.95. The number of alkyl halides is 1. The van der Waals surface area contributed by atoms with Crippen molar-refractivity contribution in [2.45, 2.75) is 22.9 Å². The Morgan fingerprint density at radius 1 is 1.65 bits per heavy atom. The summed E-state index contributed by atoms with van der Waals surface area (Å²) in [5.41, 5.74) is 4.48. The van der Waals surface area contributed by atoms with Crippen LogP contribution in [0, 0.1) is 0 Å². The van der Waals surface area contributed by atoms with Gasteiger partial charge in [0.25, 0.3) is 0 Å². The molecule has 7 nitrogen and oxygen atoms in total. The van der Waals surface area contributed by atoms with Gasteiger partial charge in [0, 0.05) is 0 Å². The molecule has 0 amide bonds. The summed E-state index contributed by atoms with van der Waals surface area (Å²) in [6, 6.07) is 0. The zero-order valence-electron chi connectivity index (χ0n) is 8.60. The van der Waals surface area contributed by atoms with Crippen LogP contribution in [0.3, 0.4) is 0 Å². The maximum atomic E-state index is 13.8. The summed E-state index contributed by atoms with van der Waals surface area (Å²) in [6.45, 7) is -0.368. The highest BCUT2D eigenvalue weighted by Gasteiger charge is 2.44. The molecule has 1 aliphatic rings. The fourth-order valence-electron chi connectivity index (χ4n) is 1.61. The number of aliphatic hydroxyl groups excluding tert-OH is 2. The van der Waals surface area contributed by atoms with Crippen LogP contribution in [-0.2, 0) is 0 Å². The number of rotatable bonds is 2. The minimum absolute atomic E-state index is 0.191. The highest BCUT2D eigenvalue weighted by atomic mass is 32.2. The third-order valence-electron chi connectivity index (χ3n) is 2.49. The van der Waals surface area contributed by atoms with Crippen LogP contribution >= 0.6 is 11.8 Å². The summed E-state index contributed by atoms with van der Waals surface area (Å²) in [4.78, 5) is 18.5. The number of hydrogen-bond acceptors (Lipinski definition) is 7. The lowest BCUT2D eigenvalue weighted by molar-refractivity contribution is 0.0630. The first-order valence-corrected chi connectivity index (χ1v) is 5.78. The number of aliphatic hydroxyl groups is 2. The van der Waals surface area contributed by atoms with Crippen LogP contribution in [-0.4, -0.2) is 48.9 Å². The summed E-state index contributed by atoms with van der Waals surface area (Å²) < 4.78 is 14.7. The van der Waals surface area contributed by atoms with E-state index in [1.54, 1.807) is 0 Å². The molecule has 0 saturated carbocycles. The molecule has 0 aromatic carbocycles. The van der Waals surface area contributed by atoms with Gasteiger partial charge in [-0.1, -0.05) is 0 Å². The summed E-state index contributed by atoms with van der Waals surface area (Å²) in [5, 5.41) is 16.8. The van der Waals surface area contributed by atoms with Crippen LogP contribution in [0.15, 0.2) is 11.1 Å². The Morgan fingerprint density at radius 3 is 2.88 bits per heavy atom. The van der Waals surface area contributed by atoms with Crippen molar-refractivity contribution in [3.05, 3.63) is 16.8 Å². The molecule has 0 radical (unpaired) electrons. The van der Waals surface area contributed by atoms with E-state index in [1.807, 2.05) is 0 Å². The van der Waals surface area contributed by atoms with Crippen molar-refractivity contribution < 1.29 is 14.6 Å². The van der Waals surface area contributed by atoms with E-state index in [9.17, 15) is 14.3 Å². The minimum Gasteiger partial charge on any atom is -0.395 e. The van der Waals surface area contributed by atoms with Crippen LogP contribution in [0.1, 0.15) is 5.37 Å². The van der Waals surface area contributed by atoms with Crippen molar-refractivity contribution >= 4 is 17.7 Å². The van der Waals surface area contributed by atoms with Crippen LogP contribution < -0.4 is 11.4 Å². The third-order valence-corrected chi connectivity index (χ3v) is 4.04. The number of hydrogen-bond donors (Lipinski definition) is 3. The Balaban J connectivity index is 2.32. The summed E-state index contributed by atoms with van der Waals surface area (Å²) in [5.74, 6) is -0.191. The monoisotopic (exact) mass is 262 g/mol. The molecule has 0 unspecified atom stereocenters. The fraction of sp³-hybridized carbons (Fsp3) is 0.625. The van der Waals surface area contributed by atoms with E-state index < -0.39 is 28.6 Å². The average Bonchev–Trinajstić information content (AvgIpc) is 2.57. The van der Waals surface area contributed by atoms with Crippen molar-refractivity contribution in [3.63, 3.8) is 0 Å². The zero-order valence-corrected chi connectivity index (χ0v) is 9.42. The molecule has 1 fully saturated rings. The van der Waals surface area contributed by atoms with Crippen molar-refractivity contribution in [1.29, 1.82) is 0 Å². The van der Waals surface area contributed by atoms with Gasteiger partial charge in [-0.05, 0) is 0 Å². The molecule has 4 atom stereocenters. The highest BCUT2D eigenvalue weighted by Crippen LogP contribution is 2.42. The van der Waals surface area contributed by atoms with E-state index in [1.165, 1.54) is 0 Å². The van der Waals surface area contributed by atoms with Crippen molar-refractivity contribution in [2.24, 2.45) is 0 Å². The summed E-state index contributed by atoms with van der Waals surface area (Å²) in [6.07, 6.45) is -1.90. The van der Waals surface area contributed by atoms with Gasteiger partial charge in [0.2, 0.25) is 5.95 Å². The van der Waals surface area contributed by atoms with Gasteiger partial charge in [0.05, 0.1) is 11.9 Å². The molecule has 0 spiro atoms. The van der Waals surface area contributed by atoms with E-state index in [4.69, 9.17) is 10.8 Å². The lowest BCUT2D eigenvalue weighted by Crippen LogP contribution is -2.33. The lowest BCUT2D eigenvalue weighted by Gasteiger charge is -2.14. The van der Waals surface area contributed by atoms with Gasteiger partial charge in [0.1, 0.15) is 17.8 Å². The predicted octanol–water partition coefficient (Wildman–Crippen LogP) is -1.47. The first kappa shape index (κ1) is 12.3. The van der Waals surface area contributed by atoms with Gasteiger partial charge < -0.3 is 15.9 Å². The van der Waals surface area contributed by atoms with E-state index >= 15 is 0 Å². The number of anilines is 1. The Kier molecular flexibility index (Phi) is 3.31. The second kappa shape index (κ2) is 4.59. The number of nitrogen functional groups attached to an aromatic ring is 1. The largest absolute Gasteiger partial charge is 0.395 e. The average molecular weight is 262 g/mol. The van der Waals surface area contributed by atoms with Gasteiger partial charge in [0.15, 0.2) is 6.17 Å². The SMILES string of the molecule is Nc1ncn([C@H]2S[C@H](CO)[C@@H](O)[C@@H]2F)c(=O)n1. The van der Waals surface area contributed by atoms with Gasteiger partial charge in [-0.2, -0.15) is 4.98 Å². The smallest absolute Gasteiger partial charge is 0.353 e. The molecule has 1 aliphatic heterocycles. The van der Waals surface area contributed by atoms with Crippen molar-refractivity contribution in [2.75, 3.05) is 12.3 Å². The van der Waals surface area contributed by atoms with E-state index in [0.29, 0.717) is 0 Å². The number of nitrogens with two attached hydrogens (primary N) is 1. The maximum absolute atomic E-state index is 13.8. The molecule has 17 heavy (non-hydrogen) atoms. The number of thioether (sulfide) groups is 1. The first-order valence-electron chi connectivity index (χ1n) is 4.83. The molecule has 1 aromatic rings. The Bertz CT molecular complexity index is 470. The normalized spacial score (nSPS) is 32.9. The third kappa shape index (κ3) is 2.13. The zero-order chi connectivity index (χ0) is 12.6. The molecule has 94 valence electrons. The van der Waals surface area contributed by atoms with Crippen LogP contribution in [0.5, 0.6) is 0 Å². The van der Waals surface area contributed by atoms with Crippen molar-refractivity contribution in [3.8, 4) is 0 Å². The molecule has 0 bridgehead atoms. The van der Waals surface area contributed by atoms with Gasteiger partial charge in [-0.15, -0.1) is 11.8 Å². The molecule has 0 aliphatic carbocycles. The van der Waals surface area contributed by atoms with Gasteiger partial charge >= 0.3 is 5.69 Å². The minimum atomic E-state index is -1.66. The van der Waals surface area contributed by atoms with Gasteiger partial charge in [-0.3, -0.25) is 4.57 Å².